The first-order valence-electron chi connectivity index (χ1n) is 13.2. The van der Waals surface area contributed by atoms with Crippen LogP contribution in [0.1, 0.15) is 6.42 Å². The van der Waals surface area contributed by atoms with Crippen LogP contribution in [0.3, 0.4) is 0 Å². The van der Waals surface area contributed by atoms with Crippen LogP contribution in [0, 0.1) is 17.8 Å². The van der Waals surface area contributed by atoms with Crippen LogP contribution in [0.25, 0.3) is 22.6 Å². The molecular weight excluding hydrogens is 502 g/mol. The lowest BCUT2D eigenvalue weighted by Gasteiger charge is -2.34. The van der Waals surface area contributed by atoms with Crippen molar-refractivity contribution in [3.63, 3.8) is 0 Å². The largest absolute Gasteiger partial charge is 0.496 e. The van der Waals surface area contributed by atoms with E-state index >= 15 is 0 Å². The molecule has 38 heavy (non-hydrogen) atoms. The molecule has 0 unspecified atom stereocenters. The summed E-state index contributed by atoms with van der Waals surface area (Å²) in [5.41, 5.74) is 4.01. The Morgan fingerprint density at radius 1 is 1.18 bits per heavy atom. The van der Waals surface area contributed by atoms with Crippen LogP contribution in [0.15, 0.2) is 36.5 Å². The SMILES string of the molecule is COc1cc(N2CCN(C)CC2)ccc1-c1nc2ncc(Cl)c(N[C@H]3[C@@H](C(=O)N(C)C)[C@@H]4C=C[C@H]3C4)c2[nH]1. The van der Waals surface area contributed by atoms with E-state index in [1.165, 1.54) is 0 Å². The third-order valence-corrected chi connectivity index (χ3v) is 8.57. The number of nitrogens with zero attached hydrogens (tertiary/aromatic N) is 5. The number of carbonyl (C=O) groups excluding carboxylic acids is 1. The summed E-state index contributed by atoms with van der Waals surface area (Å²) in [4.78, 5) is 32.2. The van der Waals surface area contributed by atoms with Crippen molar-refractivity contribution in [3.8, 4) is 17.1 Å². The van der Waals surface area contributed by atoms with E-state index in [4.69, 9.17) is 21.3 Å². The number of nitrogens with one attached hydrogen (secondary N) is 2. The van der Waals surface area contributed by atoms with Crippen LogP contribution in [-0.4, -0.2) is 91.1 Å². The molecule has 0 spiro atoms. The number of carbonyl (C=O) groups is 1. The molecule has 2 N–H and O–H groups in total. The first kappa shape index (κ1) is 25.0. The van der Waals surface area contributed by atoms with Crippen molar-refractivity contribution in [2.75, 3.05) is 64.6 Å². The van der Waals surface area contributed by atoms with Crippen molar-refractivity contribution in [1.29, 1.82) is 0 Å². The van der Waals surface area contributed by atoms with E-state index in [9.17, 15) is 4.79 Å². The molecule has 1 aromatic carbocycles. The second-order valence-electron chi connectivity index (χ2n) is 10.8. The second kappa shape index (κ2) is 9.78. The van der Waals surface area contributed by atoms with Crippen molar-refractivity contribution < 1.29 is 9.53 Å². The fourth-order valence-corrected chi connectivity index (χ4v) is 6.36. The van der Waals surface area contributed by atoms with Gasteiger partial charge in [0.2, 0.25) is 5.91 Å². The van der Waals surface area contributed by atoms with E-state index < -0.39 is 0 Å². The molecule has 1 saturated carbocycles. The Labute approximate surface area is 227 Å². The molecule has 3 heterocycles. The lowest BCUT2D eigenvalue weighted by molar-refractivity contribution is -0.133. The Morgan fingerprint density at radius 3 is 2.68 bits per heavy atom. The number of hydrogen-bond acceptors (Lipinski definition) is 7. The van der Waals surface area contributed by atoms with E-state index in [1.807, 2.05) is 20.2 Å². The van der Waals surface area contributed by atoms with Crippen molar-refractivity contribution in [3.05, 3.63) is 41.6 Å². The number of ether oxygens (including phenoxy) is 1. The van der Waals surface area contributed by atoms with Gasteiger partial charge >= 0.3 is 0 Å². The molecule has 0 radical (unpaired) electrons. The molecule has 2 aromatic heterocycles. The molecule has 200 valence electrons. The summed E-state index contributed by atoms with van der Waals surface area (Å²) in [6.07, 6.45) is 7.00. The zero-order valence-electron chi connectivity index (χ0n) is 22.2. The van der Waals surface area contributed by atoms with Gasteiger partial charge in [-0.05, 0) is 37.4 Å². The van der Waals surface area contributed by atoms with E-state index in [-0.39, 0.29) is 29.7 Å². The number of allylic oxidation sites excluding steroid dienone is 1. The molecule has 1 amide bonds. The van der Waals surface area contributed by atoms with Crippen LogP contribution >= 0.6 is 11.6 Å². The number of aromatic amines is 1. The summed E-state index contributed by atoms with van der Waals surface area (Å²) in [5.74, 6) is 1.92. The number of H-pyrrole nitrogens is 1. The summed E-state index contributed by atoms with van der Waals surface area (Å²) in [7, 11) is 7.47. The first-order valence-corrected chi connectivity index (χ1v) is 13.5. The van der Waals surface area contributed by atoms with Gasteiger partial charge in [-0.25, -0.2) is 9.97 Å². The van der Waals surface area contributed by atoms with Gasteiger partial charge in [0.15, 0.2) is 5.65 Å². The number of anilines is 2. The Balaban J connectivity index is 1.33. The average molecular weight is 536 g/mol. The Bertz CT molecular complexity index is 1400. The van der Waals surface area contributed by atoms with Gasteiger partial charge in [0, 0.05) is 58.1 Å². The molecule has 2 aliphatic carbocycles. The predicted octanol–water partition coefficient (Wildman–Crippen LogP) is 3.73. The first-order chi connectivity index (χ1) is 18.3. The van der Waals surface area contributed by atoms with E-state index in [2.05, 4.69) is 56.4 Å². The lowest BCUT2D eigenvalue weighted by atomic mass is 9.87. The highest BCUT2D eigenvalue weighted by Gasteiger charge is 2.49. The summed E-state index contributed by atoms with van der Waals surface area (Å²) >= 11 is 6.68. The van der Waals surface area contributed by atoms with Crippen molar-refractivity contribution in [2.45, 2.75) is 12.5 Å². The molecule has 10 heteroatoms. The second-order valence-corrected chi connectivity index (χ2v) is 11.2. The van der Waals surface area contributed by atoms with Crippen LogP contribution < -0.4 is 15.0 Å². The molecule has 2 bridgehead atoms. The van der Waals surface area contributed by atoms with Gasteiger partial charge in [-0.3, -0.25) is 4.79 Å². The Morgan fingerprint density at radius 2 is 1.95 bits per heavy atom. The number of piperazine rings is 1. The number of fused-ring (bicyclic) bond motifs is 3. The third kappa shape index (κ3) is 4.27. The number of rotatable bonds is 6. The summed E-state index contributed by atoms with van der Waals surface area (Å²) in [5, 5.41) is 4.13. The van der Waals surface area contributed by atoms with Crippen LogP contribution in [0.5, 0.6) is 5.75 Å². The maximum atomic E-state index is 13.1. The van der Waals surface area contributed by atoms with Crippen LogP contribution in [0.4, 0.5) is 11.4 Å². The fourth-order valence-electron chi connectivity index (χ4n) is 6.16. The molecule has 6 rings (SSSR count). The molecule has 1 aliphatic heterocycles. The topological polar surface area (TPSA) is 89.6 Å². The summed E-state index contributed by atoms with van der Waals surface area (Å²) in [6, 6.07) is 6.19. The zero-order chi connectivity index (χ0) is 26.6. The van der Waals surface area contributed by atoms with Gasteiger partial charge in [0.05, 0.1) is 35.5 Å². The van der Waals surface area contributed by atoms with Gasteiger partial charge in [0.25, 0.3) is 0 Å². The quantitative estimate of drug-likeness (QED) is 0.465. The Kier molecular flexibility index (Phi) is 6.44. The number of halogens is 1. The average Bonchev–Trinajstić information content (AvgIpc) is 3.65. The molecule has 3 aliphatic rings. The third-order valence-electron chi connectivity index (χ3n) is 8.28. The fraction of sp³-hybridized carbons (Fsp3) is 0.464. The number of benzene rings is 1. The normalized spacial score (nSPS) is 24.8. The highest BCUT2D eigenvalue weighted by atomic mass is 35.5. The molecule has 4 atom stereocenters. The minimum absolute atomic E-state index is 0.0489. The summed E-state index contributed by atoms with van der Waals surface area (Å²) in [6.45, 7) is 4.04. The lowest BCUT2D eigenvalue weighted by Crippen LogP contribution is -2.44. The number of aromatic nitrogens is 3. The molecule has 2 fully saturated rings. The van der Waals surface area contributed by atoms with Gasteiger partial charge in [-0.1, -0.05) is 23.8 Å². The molecular formula is C28H34ClN7O2. The zero-order valence-corrected chi connectivity index (χ0v) is 23.0. The van der Waals surface area contributed by atoms with Crippen molar-refractivity contribution in [2.24, 2.45) is 17.8 Å². The summed E-state index contributed by atoms with van der Waals surface area (Å²) < 4.78 is 5.80. The van der Waals surface area contributed by atoms with E-state index in [1.54, 1.807) is 18.2 Å². The molecule has 3 aromatic rings. The van der Waals surface area contributed by atoms with Crippen molar-refractivity contribution >= 4 is 40.0 Å². The van der Waals surface area contributed by atoms with Gasteiger partial charge in [0.1, 0.15) is 17.1 Å². The van der Waals surface area contributed by atoms with Gasteiger partial charge in [-0.2, -0.15) is 0 Å². The monoisotopic (exact) mass is 535 g/mol. The predicted molar refractivity (Wildman–Crippen MR) is 151 cm³/mol. The smallest absolute Gasteiger partial charge is 0.227 e. The highest BCUT2D eigenvalue weighted by Crippen LogP contribution is 2.47. The van der Waals surface area contributed by atoms with Crippen LogP contribution in [0.2, 0.25) is 5.02 Å². The van der Waals surface area contributed by atoms with E-state index in [0.717, 1.165) is 60.8 Å². The van der Waals surface area contributed by atoms with Crippen LogP contribution in [-0.2, 0) is 4.79 Å². The van der Waals surface area contributed by atoms with E-state index in [0.29, 0.717) is 16.5 Å². The number of imidazole rings is 1. The van der Waals surface area contributed by atoms with Gasteiger partial charge < -0.3 is 29.7 Å². The number of likely N-dealkylation sites (N-methyl/N-ethyl adjacent to an activating group) is 1. The minimum atomic E-state index is -0.135. The maximum Gasteiger partial charge on any atom is 0.227 e. The van der Waals surface area contributed by atoms with Crippen molar-refractivity contribution in [1.82, 2.24) is 24.8 Å². The number of methoxy groups -OCH3 is 1. The number of hydrogen-bond donors (Lipinski definition) is 2. The maximum absolute atomic E-state index is 13.1. The standard InChI is InChI=1S/C28H34ClN7O2/c1-34(2)28(37)22-16-5-6-17(13-16)23(22)31-24-20(29)15-30-27-25(24)32-26(33-27)19-8-7-18(14-21(19)38-4)36-11-9-35(3)10-12-36/h5-8,14-17,22-23H,9-13H2,1-4H3,(H2,30,31,32,33)/t16-,17+,22+,23-/m1/s1. The number of pyridine rings is 1. The minimum Gasteiger partial charge on any atom is -0.496 e. The number of amides is 1. The Hall–Kier alpha value is -3.30. The molecule has 1 saturated heterocycles. The highest BCUT2D eigenvalue weighted by molar-refractivity contribution is 6.34. The van der Waals surface area contributed by atoms with Gasteiger partial charge in [-0.15, -0.1) is 0 Å². The molecule has 9 nitrogen and oxygen atoms in total.